The first-order valence-electron chi connectivity index (χ1n) is 8.06. The maximum Gasteiger partial charge on any atom is 0.254 e. The summed E-state index contributed by atoms with van der Waals surface area (Å²) in [6, 6.07) is 3.85. The molecule has 0 aromatic heterocycles. The van der Waals surface area contributed by atoms with Gasteiger partial charge in [-0.15, -0.1) is 0 Å². The number of ether oxygens (including phenoxy) is 2. The van der Waals surface area contributed by atoms with Crippen molar-refractivity contribution in [1.29, 1.82) is 0 Å². The van der Waals surface area contributed by atoms with Crippen molar-refractivity contribution in [1.82, 2.24) is 10.2 Å². The zero-order valence-corrected chi connectivity index (χ0v) is 15.6. The number of hydrogen-bond donors (Lipinski definition) is 1. The highest BCUT2D eigenvalue weighted by molar-refractivity contribution is 9.10. The topological polar surface area (TPSA) is 50.8 Å². The van der Waals surface area contributed by atoms with E-state index < -0.39 is 0 Å². The Balaban J connectivity index is 2.21. The Labute approximate surface area is 146 Å². The smallest absolute Gasteiger partial charge is 0.254 e. The molecule has 23 heavy (non-hydrogen) atoms. The molecule has 0 unspecified atom stereocenters. The van der Waals surface area contributed by atoms with Gasteiger partial charge in [-0.3, -0.25) is 4.79 Å². The van der Waals surface area contributed by atoms with Gasteiger partial charge in [-0.25, -0.2) is 0 Å². The number of rotatable bonds is 6. The molecule has 1 heterocycles. The van der Waals surface area contributed by atoms with Crippen LogP contribution in [0, 0.1) is 0 Å². The van der Waals surface area contributed by atoms with Crippen LogP contribution in [0.4, 0.5) is 0 Å². The van der Waals surface area contributed by atoms with Crippen molar-refractivity contribution in [2.24, 2.45) is 0 Å². The van der Waals surface area contributed by atoms with Crippen molar-refractivity contribution >= 4 is 21.8 Å². The molecule has 5 nitrogen and oxygen atoms in total. The van der Waals surface area contributed by atoms with Crippen molar-refractivity contribution in [3.63, 3.8) is 0 Å². The van der Waals surface area contributed by atoms with E-state index in [1.54, 1.807) is 13.2 Å². The Morgan fingerprint density at radius 3 is 2.70 bits per heavy atom. The molecule has 1 aromatic rings. The van der Waals surface area contributed by atoms with E-state index in [1.165, 1.54) is 0 Å². The van der Waals surface area contributed by atoms with E-state index >= 15 is 0 Å². The molecular formula is C17H25BrN2O3. The Morgan fingerprint density at radius 2 is 2.09 bits per heavy atom. The maximum atomic E-state index is 12.8. The number of carbonyl (C=O) groups excluding carboxylic acids is 1. The van der Waals surface area contributed by atoms with Crippen LogP contribution in [0.2, 0.25) is 0 Å². The number of nitrogens with one attached hydrogen (secondary N) is 1. The van der Waals surface area contributed by atoms with Gasteiger partial charge in [0.05, 0.1) is 18.2 Å². The molecule has 0 spiro atoms. The van der Waals surface area contributed by atoms with Gasteiger partial charge in [0.25, 0.3) is 5.91 Å². The lowest BCUT2D eigenvalue weighted by Gasteiger charge is -2.31. The summed E-state index contributed by atoms with van der Waals surface area (Å²) in [6.45, 7) is 4.57. The van der Waals surface area contributed by atoms with E-state index in [4.69, 9.17) is 9.47 Å². The van der Waals surface area contributed by atoms with E-state index in [2.05, 4.69) is 21.2 Å². The van der Waals surface area contributed by atoms with E-state index in [-0.39, 0.29) is 11.9 Å². The predicted molar refractivity (Wildman–Crippen MR) is 94.5 cm³/mol. The average Bonchev–Trinajstić information content (AvgIpc) is 2.59. The number of halogens is 1. The van der Waals surface area contributed by atoms with E-state index in [0.29, 0.717) is 23.7 Å². The average molecular weight is 385 g/mol. The van der Waals surface area contributed by atoms with Gasteiger partial charge in [0.2, 0.25) is 0 Å². The number of methoxy groups -OCH3 is 1. The molecule has 1 fully saturated rings. The van der Waals surface area contributed by atoms with Gasteiger partial charge in [0.1, 0.15) is 0 Å². The van der Waals surface area contributed by atoms with Gasteiger partial charge in [0.15, 0.2) is 11.5 Å². The minimum Gasteiger partial charge on any atom is -0.493 e. The molecule has 6 heteroatoms. The minimum absolute atomic E-state index is 0.0120. The molecule has 1 N–H and O–H groups in total. The number of nitrogens with zero attached hydrogens (tertiary/aromatic N) is 1. The molecular weight excluding hydrogens is 360 g/mol. The lowest BCUT2D eigenvalue weighted by molar-refractivity contribution is 0.0702. The predicted octanol–water partition coefficient (Wildman–Crippen LogP) is 3.07. The fourth-order valence-corrected chi connectivity index (χ4v) is 3.31. The Hall–Kier alpha value is -1.27. The Kier molecular flexibility index (Phi) is 6.72. The van der Waals surface area contributed by atoms with Crippen LogP contribution in [-0.4, -0.2) is 50.7 Å². The standard InChI is InChI=1S/C17H25BrN2O3/c1-4-9-23-16-14(18)10-12(11-15(16)22-3)17(21)20(2)13-5-7-19-8-6-13/h10-11,13,19H,4-9H2,1-3H3. The molecule has 0 radical (unpaired) electrons. The van der Waals surface area contributed by atoms with Crippen LogP contribution in [0.15, 0.2) is 16.6 Å². The van der Waals surface area contributed by atoms with Gasteiger partial charge in [-0.05, 0) is 60.4 Å². The Morgan fingerprint density at radius 1 is 1.39 bits per heavy atom. The van der Waals surface area contributed by atoms with Crippen LogP contribution in [-0.2, 0) is 0 Å². The summed E-state index contributed by atoms with van der Waals surface area (Å²) in [5.41, 5.74) is 0.610. The van der Waals surface area contributed by atoms with Gasteiger partial charge in [0, 0.05) is 18.7 Å². The van der Waals surface area contributed by atoms with Crippen LogP contribution >= 0.6 is 15.9 Å². The van der Waals surface area contributed by atoms with Gasteiger partial charge >= 0.3 is 0 Å². The summed E-state index contributed by atoms with van der Waals surface area (Å²) in [7, 11) is 3.46. The summed E-state index contributed by atoms with van der Waals surface area (Å²) in [6.07, 6.45) is 2.88. The van der Waals surface area contributed by atoms with E-state index in [9.17, 15) is 4.79 Å². The third kappa shape index (κ3) is 4.38. The number of hydrogen-bond acceptors (Lipinski definition) is 4. The highest BCUT2D eigenvalue weighted by Crippen LogP contribution is 2.37. The maximum absolute atomic E-state index is 12.8. The van der Waals surface area contributed by atoms with Crippen LogP contribution in [0.1, 0.15) is 36.5 Å². The van der Waals surface area contributed by atoms with Crippen molar-refractivity contribution in [2.45, 2.75) is 32.2 Å². The van der Waals surface area contributed by atoms with E-state index in [1.807, 2.05) is 24.9 Å². The van der Waals surface area contributed by atoms with Crippen molar-refractivity contribution < 1.29 is 14.3 Å². The van der Waals surface area contributed by atoms with Crippen LogP contribution < -0.4 is 14.8 Å². The molecule has 0 saturated carbocycles. The lowest BCUT2D eigenvalue weighted by atomic mass is 10.0. The van der Waals surface area contributed by atoms with Crippen molar-refractivity contribution in [3.05, 3.63) is 22.2 Å². The number of piperidine rings is 1. The SMILES string of the molecule is CCCOc1c(Br)cc(C(=O)N(C)C2CCNCC2)cc1OC. The summed E-state index contributed by atoms with van der Waals surface area (Å²) in [5, 5.41) is 3.32. The third-order valence-corrected chi connectivity index (χ3v) is 4.69. The number of amides is 1. The van der Waals surface area contributed by atoms with Crippen molar-refractivity contribution in [2.75, 3.05) is 33.9 Å². The van der Waals surface area contributed by atoms with Gasteiger partial charge in [-0.1, -0.05) is 6.92 Å². The molecule has 0 atom stereocenters. The number of benzene rings is 1. The minimum atomic E-state index is 0.0120. The molecule has 1 aliphatic heterocycles. The fourth-order valence-electron chi connectivity index (χ4n) is 2.75. The van der Waals surface area contributed by atoms with Crippen LogP contribution in [0.5, 0.6) is 11.5 Å². The first kappa shape index (κ1) is 18.1. The summed E-state index contributed by atoms with van der Waals surface area (Å²) >= 11 is 3.50. The molecule has 1 aliphatic rings. The zero-order chi connectivity index (χ0) is 16.8. The van der Waals surface area contributed by atoms with E-state index in [0.717, 1.165) is 36.8 Å². The molecule has 128 valence electrons. The molecule has 0 bridgehead atoms. The molecule has 2 rings (SSSR count). The highest BCUT2D eigenvalue weighted by atomic mass is 79.9. The van der Waals surface area contributed by atoms with Gasteiger partial charge in [-0.2, -0.15) is 0 Å². The van der Waals surface area contributed by atoms with Crippen molar-refractivity contribution in [3.8, 4) is 11.5 Å². The first-order valence-corrected chi connectivity index (χ1v) is 8.86. The quantitative estimate of drug-likeness (QED) is 0.818. The second kappa shape index (κ2) is 8.55. The monoisotopic (exact) mass is 384 g/mol. The molecule has 1 amide bonds. The first-order chi connectivity index (χ1) is 11.1. The lowest BCUT2D eigenvalue weighted by Crippen LogP contribution is -2.43. The summed E-state index contributed by atoms with van der Waals surface area (Å²) in [5.74, 6) is 1.24. The molecule has 1 saturated heterocycles. The second-order valence-electron chi connectivity index (χ2n) is 5.74. The summed E-state index contributed by atoms with van der Waals surface area (Å²) in [4.78, 5) is 14.6. The Bertz CT molecular complexity index is 545. The third-order valence-electron chi connectivity index (χ3n) is 4.10. The highest BCUT2D eigenvalue weighted by Gasteiger charge is 2.24. The molecule has 0 aliphatic carbocycles. The normalized spacial score (nSPS) is 15.3. The molecule has 1 aromatic carbocycles. The fraction of sp³-hybridized carbons (Fsp3) is 0.588. The zero-order valence-electron chi connectivity index (χ0n) is 14.0. The largest absolute Gasteiger partial charge is 0.493 e. The number of carbonyl (C=O) groups is 1. The van der Waals surface area contributed by atoms with Gasteiger partial charge < -0.3 is 19.7 Å². The van der Waals surface area contributed by atoms with Crippen LogP contribution in [0.3, 0.4) is 0 Å². The summed E-state index contributed by atoms with van der Waals surface area (Å²) < 4.78 is 11.9. The van der Waals surface area contributed by atoms with Crippen LogP contribution in [0.25, 0.3) is 0 Å². The second-order valence-corrected chi connectivity index (χ2v) is 6.59.